The smallest absolute Gasteiger partial charge is 0.338 e. The Balaban J connectivity index is 1.36. The molecule has 0 bridgehead atoms. The molecule has 0 amide bonds. The van der Waals surface area contributed by atoms with Crippen LogP contribution < -0.4 is 11.2 Å². The van der Waals surface area contributed by atoms with Gasteiger partial charge in [0, 0.05) is 12.3 Å². The third-order valence-electron chi connectivity index (χ3n) is 6.61. The fourth-order valence-corrected chi connectivity index (χ4v) is 4.45. The molecule has 0 radical (unpaired) electrons. The maximum Gasteiger partial charge on any atom is 0.338 e. The van der Waals surface area contributed by atoms with Crippen LogP contribution in [0.2, 0.25) is 0 Å². The highest BCUT2D eigenvalue weighted by atomic mass is 19.1. The molecule has 3 aromatic carbocycles. The number of rotatable bonds is 10. The first-order valence-electron chi connectivity index (χ1n) is 13.1. The van der Waals surface area contributed by atoms with Gasteiger partial charge in [0.05, 0.1) is 17.7 Å². The van der Waals surface area contributed by atoms with Crippen molar-refractivity contribution in [2.75, 3.05) is 6.61 Å². The molecule has 4 aromatic rings. The Morgan fingerprint density at radius 3 is 2.05 bits per heavy atom. The van der Waals surface area contributed by atoms with Gasteiger partial charge < -0.3 is 18.9 Å². The van der Waals surface area contributed by atoms with Gasteiger partial charge in [-0.25, -0.2) is 23.3 Å². The first kappa shape index (κ1) is 28.7. The number of hydrogen-bond acceptors (Lipinski definition) is 8. The molecule has 1 aliphatic rings. The van der Waals surface area contributed by atoms with E-state index < -0.39 is 54.4 Å². The van der Waals surface area contributed by atoms with Crippen LogP contribution in [0.1, 0.15) is 32.5 Å². The van der Waals surface area contributed by atoms with E-state index in [4.69, 9.17) is 18.9 Å². The summed E-state index contributed by atoms with van der Waals surface area (Å²) in [5.74, 6) is -1.51. The fourth-order valence-electron chi connectivity index (χ4n) is 4.45. The van der Waals surface area contributed by atoms with Crippen LogP contribution in [0.25, 0.3) is 0 Å². The van der Waals surface area contributed by atoms with Crippen molar-refractivity contribution in [3.05, 3.63) is 141 Å². The van der Waals surface area contributed by atoms with Crippen molar-refractivity contribution in [2.24, 2.45) is 0 Å². The molecule has 10 nitrogen and oxygen atoms in total. The molecule has 0 saturated carbocycles. The van der Waals surface area contributed by atoms with Gasteiger partial charge in [-0.1, -0.05) is 66.7 Å². The highest BCUT2D eigenvalue weighted by molar-refractivity contribution is 5.90. The molecule has 0 N–H and O–H groups in total. The normalized spacial score (nSPS) is 19.7. The molecule has 4 atom stereocenters. The fraction of sp³-hybridized carbons (Fsp3) is 0.226. The summed E-state index contributed by atoms with van der Waals surface area (Å²) in [6, 6.07) is 26.3. The molecule has 1 fully saturated rings. The number of alkyl halides is 1. The Labute approximate surface area is 239 Å². The van der Waals surface area contributed by atoms with E-state index in [2.05, 4.69) is 0 Å². The van der Waals surface area contributed by atoms with E-state index in [-0.39, 0.29) is 24.5 Å². The molecule has 42 heavy (non-hydrogen) atoms. The Morgan fingerprint density at radius 1 is 0.810 bits per heavy atom. The number of esters is 2. The summed E-state index contributed by atoms with van der Waals surface area (Å²) in [6.07, 6.45) is -5.33. The molecule has 0 aliphatic carbocycles. The van der Waals surface area contributed by atoms with Gasteiger partial charge in [-0.15, -0.1) is 0 Å². The molecule has 5 rings (SSSR count). The van der Waals surface area contributed by atoms with Crippen LogP contribution in [0.5, 0.6) is 0 Å². The maximum atomic E-state index is 16.0. The second kappa shape index (κ2) is 13.2. The van der Waals surface area contributed by atoms with Gasteiger partial charge >= 0.3 is 17.6 Å². The zero-order chi connectivity index (χ0) is 29.5. The van der Waals surface area contributed by atoms with Crippen molar-refractivity contribution in [2.45, 2.75) is 37.9 Å². The van der Waals surface area contributed by atoms with E-state index >= 15 is 4.39 Å². The van der Waals surface area contributed by atoms with Crippen LogP contribution >= 0.6 is 0 Å². The van der Waals surface area contributed by atoms with Crippen LogP contribution in [0.15, 0.2) is 113 Å². The average molecular weight is 575 g/mol. The van der Waals surface area contributed by atoms with Crippen molar-refractivity contribution in [1.82, 2.24) is 9.13 Å². The number of carbonyl (C=O) groups excluding carboxylic acids is 2. The first-order valence-corrected chi connectivity index (χ1v) is 13.1. The molecule has 0 spiro atoms. The molecular formula is C31H27FN2O8. The summed E-state index contributed by atoms with van der Waals surface area (Å²) in [6.45, 7) is -0.715. The standard InChI is InChI=1S/C31H27FN2O8/c32-26-27(42-30(37)23-14-8-3-9-15-23)24(19-40-29(36)22-12-6-2-7-13-22)41-28(26)33-17-16-25(35)34(31(33)38)20-39-18-21-10-4-1-5-11-21/h1-17,24,26-28H,18-20H2/t24-,26+,27-,28-/m0/s1. The van der Waals surface area contributed by atoms with Gasteiger partial charge in [0.15, 0.2) is 18.5 Å². The summed E-state index contributed by atoms with van der Waals surface area (Å²) in [5, 5.41) is 0. The number of halogens is 1. The Kier molecular flexibility index (Phi) is 9.00. The Bertz CT molecular complexity index is 1630. The minimum absolute atomic E-state index is 0.139. The molecule has 1 saturated heterocycles. The number of aromatic nitrogens is 2. The average Bonchev–Trinajstić information content (AvgIpc) is 3.33. The predicted octanol–water partition coefficient (Wildman–Crippen LogP) is 3.50. The Hall–Kier alpha value is -4.87. The van der Waals surface area contributed by atoms with Crippen LogP contribution in [0, 0.1) is 0 Å². The molecular weight excluding hydrogens is 547 g/mol. The predicted molar refractivity (Wildman–Crippen MR) is 147 cm³/mol. The highest BCUT2D eigenvalue weighted by Gasteiger charge is 2.49. The third kappa shape index (κ3) is 6.54. The minimum Gasteiger partial charge on any atom is -0.459 e. The Morgan fingerprint density at radius 2 is 1.40 bits per heavy atom. The van der Waals surface area contributed by atoms with E-state index in [1.54, 1.807) is 48.5 Å². The molecule has 1 aromatic heterocycles. The van der Waals surface area contributed by atoms with Gasteiger partial charge in [0.25, 0.3) is 5.56 Å². The van der Waals surface area contributed by atoms with Crippen molar-refractivity contribution in [3.63, 3.8) is 0 Å². The summed E-state index contributed by atoms with van der Waals surface area (Å²) in [4.78, 5) is 51.1. The van der Waals surface area contributed by atoms with E-state index in [1.807, 2.05) is 30.3 Å². The number of carbonyl (C=O) groups is 2. The monoisotopic (exact) mass is 574 g/mol. The van der Waals surface area contributed by atoms with Crippen molar-refractivity contribution in [3.8, 4) is 0 Å². The summed E-state index contributed by atoms with van der Waals surface area (Å²) in [5.41, 5.74) is -0.271. The molecule has 0 unspecified atom stereocenters. The second-order valence-electron chi connectivity index (χ2n) is 9.44. The van der Waals surface area contributed by atoms with Gasteiger partial charge in [0.1, 0.15) is 19.4 Å². The molecule has 216 valence electrons. The van der Waals surface area contributed by atoms with Crippen molar-refractivity contribution in [1.29, 1.82) is 0 Å². The van der Waals surface area contributed by atoms with Gasteiger partial charge in [-0.05, 0) is 29.8 Å². The SMILES string of the molecule is O=C(OC[C@@H]1O[C@H](n2ccc(=O)n(COCc3ccccc3)c2=O)[C@H](F)[C@H]1OC(=O)c1ccccc1)c1ccccc1. The number of hydrogen-bond donors (Lipinski definition) is 0. The zero-order valence-electron chi connectivity index (χ0n) is 22.3. The zero-order valence-corrected chi connectivity index (χ0v) is 22.3. The van der Waals surface area contributed by atoms with Crippen LogP contribution in [-0.4, -0.2) is 46.1 Å². The molecule has 11 heteroatoms. The van der Waals surface area contributed by atoms with E-state index in [9.17, 15) is 19.2 Å². The molecule has 1 aliphatic heterocycles. The molecule has 2 heterocycles. The first-order chi connectivity index (χ1) is 20.4. The summed E-state index contributed by atoms with van der Waals surface area (Å²) >= 11 is 0. The van der Waals surface area contributed by atoms with Crippen LogP contribution in [0.3, 0.4) is 0 Å². The number of ether oxygens (including phenoxy) is 4. The number of nitrogens with zero attached hydrogens (tertiary/aromatic N) is 2. The lowest BCUT2D eigenvalue weighted by Crippen LogP contribution is -2.43. The van der Waals surface area contributed by atoms with Gasteiger partial charge in [0.2, 0.25) is 0 Å². The topological polar surface area (TPSA) is 115 Å². The number of benzene rings is 3. The van der Waals surface area contributed by atoms with E-state index in [1.165, 1.54) is 12.1 Å². The van der Waals surface area contributed by atoms with Crippen LogP contribution in [-0.2, 0) is 32.3 Å². The summed E-state index contributed by atoms with van der Waals surface area (Å²) in [7, 11) is 0. The third-order valence-corrected chi connectivity index (χ3v) is 6.61. The van der Waals surface area contributed by atoms with Crippen LogP contribution in [0.4, 0.5) is 4.39 Å². The van der Waals surface area contributed by atoms with E-state index in [0.717, 1.165) is 27.0 Å². The van der Waals surface area contributed by atoms with Gasteiger partial charge in [-0.2, -0.15) is 0 Å². The second-order valence-corrected chi connectivity index (χ2v) is 9.44. The lowest BCUT2D eigenvalue weighted by molar-refractivity contribution is -0.0601. The quantitative estimate of drug-likeness (QED) is 0.265. The van der Waals surface area contributed by atoms with E-state index in [0.29, 0.717) is 0 Å². The van der Waals surface area contributed by atoms with Gasteiger partial charge in [-0.3, -0.25) is 9.36 Å². The summed E-state index contributed by atoms with van der Waals surface area (Å²) < 4.78 is 39.9. The lowest BCUT2D eigenvalue weighted by atomic mass is 10.1. The lowest BCUT2D eigenvalue weighted by Gasteiger charge is -2.19. The van der Waals surface area contributed by atoms with Crippen molar-refractivity contribution < 1.29 is 32.9 Å². The van der Waals surface area contributed by atoms with Crippen molar-refractivity contribution >= 4 is 11.9 Å². The largest absolute Gasteiger partial charge is 0.459 e. The highest BCUT2D eigenvalue weighted by Crippen LogP contribution is 2.34. The minimum atomic E-state index is -2.05. The maximum absolute atomic E-state index is 16.0.